The second-order valence-electron chi connectivity index (χ2n) is 3.37. The summed E-state index contributed by atoms with van der Waals surface area (Å²) < 4.78 is 5.19. The van der Waals surface area contributed by atoms with Gasteiger partial charge < -0.3 is 4.74 Å². The van der Waals surface area contributed by atoms with Crippen molar-refractivity contribution < 1.29 is 4.74 Å². The number of halogens is 1. The molecular weight excluding hydrogens is 244 g/mol. The maximum Gasteiger partial charge on any atom is 0.242 e. The van der Waals surface area contributed by atoms with E-state index in [1.165, 1.54) is 4.88 Å². The molecule has 16 heavy (non-hydrogen) atoms. The van der Waals surface area contributed by atoms with E-state index in [9.17, 15) is 0 Å². The Morgan fingerprint density at radius 3 is 2.56 bits per heavy atom. The lowest BCUT2D eigenvalue weighted by Gasteiger charge is -2.06. The summed E-state index contributed by atoms with van der Waals surface area (Å²) >= 11 is 7.57. The van der Waals surface area contributed by atoms with Gasteiger partial charge in [0.15, 0.2) is 5.15 Å². The molecule has 0 aliphatic heterocycles. The molecule has 0 unspecified atom stereocenters. The lowest BCUT2D eigenvalue weighted by Crippen LogP contribution is -1.97. The molecule has 0 atom stereocenters. The Kier molecular flexibility index (Phi) is 3.12. The van der Waals surface area contributed by atoms with E-state index in [1.807, 2.05) is 19.1 Å². The molecule has 0 amide bonds. The van der Waals surface area contributed by atoms with Crippen molar-refractivity contribution in [2.45, 2.75) is 13.8 Å². The molecular formula is C11H11ClN2OS. The zero-order chi connectivity index (χ0) is 11.7. The van der Waals surface area contributed by atoms with E-state index in [0.717, 1.165) is 10.6 Å². The second-order valence-corrected chi connectivity index (χ2v) is 5.01. The van der Waals surface area contributed by atoms with E-state index in [-0.39, 0.29) is 0 Å². The molecule has 2 aromatic rings. The van der Waals surface area contributed by atoms with Crippen molar-refractivity contribution in [2.24, 2.45) is 0 Å². The summed E-state index contributed by atoms with van der Waals surface area (Å²) in [4.78, 5) is 10.9. The van der Waals surface area contributed by atoms with Gasteiger partial charge in [0.05, 0.1) is 17.7 Å². The van der Waals surface area contributed by atoms with Gasteiger partial charge in [-0.1, -0.05) is 11.6 Å². The van der Waals surface area contributed by atoms with Crippen molar-refractivity contribution in [3.8, 4) is 16.5 Å². The maximum atomic E-state index is 5.91. The van der Waals surface area contributed by atoms with Crippen LogP contribution in [-0.2, 0) is 0 Å². The largest absolute Gasteiger partial charge is 0.479 e. The van der Waals surface area contributed by atoms with Crippen LogP contribution in [0.15, 0.2) is 12.1 Å². The summed E-state index contributed by atoms with van der Waals surface area (Å²) in [6, 6.07) is 4.06. The van der Waals surface area contributed by atoms with Crippen LogP contribution >= 0.6 is 22.9 Å². The van der Waals surface area contributed by atoms with Crippen LogP contribution in [0, 0.1) is 13.8 Å². The molecule has 84 valence electrons. The molecule has 3 nitrogen and oxygen atoms in total. The van der Waals surface area contributed by atoms with Gasteiger partial charge in [0, 0.05) is 4.88 Å². The first-order valence-electron chi connectivity index (χ1n) is 4.76. The summed E-state index contributed by atoms with van der Waals surface area (Å²) in [7, 11) is 1.57. The Bertz CT molecular complexity index is 525. The Balaban J connectivity index is 2.59. The van der Waals surface area contributed by atoms with E-state index in [0.29, 0.717) is 16.7 Å². The zero-order valence-electron chi connectivity index (χ0n) is 9.24. The number of aromatic nitrogens is 2. The predicted molar refractivity (Wildman–Crippen MR) is 66.4 cm³/mol. The van der Waals surface area contributed by atoms with Crippen LogP contribution in [0.3, 0.4) is 0 Å². The highest BCUT2D eigenvalue weighted by Crippen LogP contribution is 2.33. The smallest absolute Gasteiger partial charge is 0.242 e. The van der Waals surface area contributed by atoms with Crippen LogP contribution < -0.4 is 4.74 Å². The van der Waals surface area contributed by atoms with E-state index in [2.05, 4.69) is 16.9 Å². The van der Waals surface area contributed by atoms with Crippen molar-refractivity contribution in [1.29, 1.82) is 0 Å². The SMILES string of the molecule is COc1nc(Cl)c(C)nc1-c1ccc(C)s1. The Hall–Kier alpha value is -1.13. The quantitative estimate of drug-likeness (QED) is 0.823. The van der Waals surface area contributed by atoms with Crippen LogP contribution in [0.2, 0.25) is 5.15 Å². The number of methoxy groups -OCH3 is 1. The summed E-state index contributed by atoms with van der Waals surface area (Å²) in [6.07, 6.45) is 0. The van der Waals surface area contributed by atoms with Gasteiger partial charge in [0.2, 0.25) is 5.88 Å². The number of hydrogen-bond acceptors (Lipinski definition) is 4. The van der Waals surface area contributed by atoms with Crippen LogP contribution in [0.4, 0.5) is 0 Å². The van der Waals surface area contributed by atoms with Crippen molar-refractivity contribution in [3.63, 3.8) is 0 Å². The number of rotatable bonds is 2. The number of aryl methyl sites for hydroxylation is 2. The van der Waals surface area contributed by atoms with Gasteiger partial charge in [0.1, 0.15) is 5.69 Å². The van der Waals surface area contributed by atoms with Crippen molar-refractivity contribution in [3.05, 3.63) is 27.9 Å². The Morgan fingerprint density at radius 2 is 2.00 bits per heavy atom. The summed E-state index contributed by atoms with van der Waals surface area (Å²) in [5, 5.41) is 0.383. The van der Waals surface area contributed by atoms with E-state index in [1.54, 1.807) is 18.4 Å². The minimum Gasteiger partial charge on any atom is -0.479 e. The molecule has 0 aliphatic carbocycles. The lowest BCUT2D eigenvalue weighted by molar-refractivity contribution is 0.397. The second kappa shape index (κ2) is 4.39. The monoisotopic (exact) mass is 254 g/mol. The molecule has 5 heteroatoms. The van der Waals surface area contributed by atoms with Crippen molar-refractivity contribution in [2.75, 3.05) is 7.11 Å². The van der Waals surface area contributed by atoms with Gasteiger partial charge in [-0.3, -0.25) is 0 Å². The molecule has 0 bridgehead atoms. The first-order valence-corrected chi connectivity index (χ1v) is 5.96. The van der Waals surface area contributed by atoms with Gasteiger partial charge in [-0.15, -0.1) is 11.3 Å². The van der Waals surface area contributed by atoms with Gasteiger partial charge in [-0.2, -0.15) is 4.98 Å². The third-order valence-electron chi connectivity index (χ3n) is 2.15. The number of nitrogens with zero attached hydrogens (tertiary/aromatic N) is 2. The molecule has 0 saturated carbocycles. The number of thiophene rings is 1. The molecule has 2 aromatic heterocycles. The standard InChI is InChI=1S/C11H11ClN2OS/c1-6-4-5-8(16-6)9-11(15-3)14-10(12)7(2)13-9/h4-5H,1-3H3. The summed E-state index contributed by atoms with van der Waals surface area (Å²) in [6.45, 7) is 3.88. The Morgan fingerprint density at radius 1 is 1.25 bits per heavy atom. The van der Waals surface area contributed by atoms with Crippen LogP contribution in [0.5, 0.6) is 5.88 Å². The lowest BCUT2D eigenvalue weighted by atomic mass is 10.3. The number of hydrogen-bond donors (Lipinski definition) is 0. The van der Waals surface area contributed by atoms with E-state index in [4.69, 9.17) is 16.3 Å². The third-order valence-corrected chi connectivity index (χ3v) is 3.51. The van der Waals surface area contributed by atoms with Gasteiger partial charge in [-0.25, -0.2) is 4.98 Å². The fraction of sp³-hybridized carbons (Fsp3) is 0.273. The molecule has 0 saturated heterocycles. The van der Waals surface area contributed by atoms with Gasteiger partial charge >= 0.3 is 0 Å². The first kappa shape index (κ1) is 11.4. The predicted octanol–water partition coefficient (Wildman–Crippen LogP) is 3.48. The minimum absolute atomic E-state index is 0.383. The van der Waals surface area contributed by atoms with Gasteiger partial charge in [0.25, 0.3) is 0 Å². The average molecular weight is 255 g/mol. The summed E-state index contributed by atoms with van der Waals surface area (Å²) in [5.41, 5.74) is 1.46. The topological polar surface area (TPSA) is 35.0 Å². The molecule has 2 heterocycles. The normalized spacial score (nSPS) is 10.5. The fourth-order valence-corrected chi connectivity index (χ4v) is 2.32. The van der Waals surface area contributed by atoms with E-state index >= 15 is 0 Å². The van der Waals surface area contributed by atoms with Crippen LogP contribution in [-0.4, -0.2) is 17.1 Å². The minimum atomic E-state index is 0.383. The molecule has 0 fully saturated rings. The Labute approximate surface area is 103 Å². The molecule has 0 aliphatic rings. The maximum absolute atomic E-state index is 5.91. The van der Waals surface area contributed by atoms with Crippen LogP contribution in [0.25, 0.3) is 10.6 Å². The van der Waals surface area contributed by atoms with E-state index < -0.39 is 0 Å². The molecule has 0 N–H and O–H groups in total. The highest BCUT2D eigenvalue weighted by atomic mass is 35.5. The molecule has 2 rings (SSSR count). The van der Waals surface area contributed by atoms with Crippen LogP contribution in [0.1, 0.15) is 10.6 Å². The zero-order valence-corrected chi connectivity index (χ0v) is 10.8. The fourth-order valence-electron chi connectivity index (χ4n) is 1.35. The summed E-state index contributed by atoms with van der Waals surface area (Å²) in [5.74, 6) is 0.470. The van der Waals surface area contributed by atoms with Gasteiger partial charge in [-0.05, 0) is 26.0 Å². The van der Waals surface area contributed by atoms with Crippen molar-refractivity contribution in [1.82, 2.24) is 9.97 Å². The highest BCUT2D eigenvalue weighted by Gasteiger charge is 2.13. The third kappa shape index (κ3) is 2.03. The van der Waals surface area contributed by atoms with Crippen molar-refractivity contribution >= 4 is 22.9 Å². The molecule has 0 spiro atoms. The molecule has 0 radical (unpaired) electrons. The highest BCUT2D eigenvalue weighted by molar-refractivity contribution is 7.15. The first-order chi connectivity index (χ1) is 7.61. The molecule has 0 aromatic carbocycles. The average Bonchev–Trinajstić information content (AvgIpc) is 2.68. The number of ether oxygens (including phenoxy) is 1.